The van der Waals surface area contributed by atoms with E-state index in [1.807, 2.05) is 0 Å². The molecule has 0 N–H and O–H groups in total. The zero-order chi connectivity index (χ0) is 11.0. The maximum Gasteiger partial charge on any atom is 0.248 e. The normalized spacial score (nSPS) is 25.0. The standard InChI is InChI=1S/C10H15F3O/c1-7(2)8(14)9(11)3-5-10(12,13)6-4-9/h7H,3-6H2,1-2H3. The highest BCUT2D eigenvalue weighted by Crippen LogP contribution is 2.41. The topological polar surface area (TPSA) is 17.1 Å². The van der Waals surface area contributed by atoms with Crippen LogP contribution in [-0.4, -0.2) is 17.4 Å². The van der Waals surface area contributed by atoms with Crippen LogP contribution in [0.4, 0.5) is 13.2 Å². The van der Waals surface area contributed by atoms with Gasteiger partial charge in [0, 0.05) is 18.8 Å². The van der Waals surface area contributed by atoms with E-state index >= 15 is 0 Å². The number of ketones is 1. The van der Waals surface area contributed by atoms with E-state index < -0.39 is 36.1 Å². The van der Waals surface area contributed by atoms with Crippen LogP contribution in [0.25, 0.3) is 0 Å². The Balaban J connectivity index is 2.66. The Hall–Kier alpha value is -0.540. The number of hydrogen-bond donors (Lipinski definition) is 0. The van der Waals surface area contributed by atoms with E-state index in [0.717, 1.165) is 0 Å². The minimum Gasteiger partial charge on any atom is -0.296 e. The minimum absolute atomic E-state index is 0.336. The summed E-state index contributed by atoms with van der Waals surface area (Å²) in [6, 6.07) is 0. The molecule has 0 amide bonds. The van der Waals surface area contributed by atoms with Crippen LogP contribution in [0, 0.1) is 5.92 Å². The second-order valence-corrected chi connectivity index (χ2v) is 4.34. The maximum atomic E-state index is 13.9. The van der Waals surface area contributed by atoms with Crippen molar-refractivity contribution in [2.75, 3.05) is 0 Å². The number of carbonyl (C=O) groups is 1. The van der Waals surface area contributed by atoms with Gasteiger partial charge in [-0.05, 0) is 12.8 Å². The number of hydrogen-bond acceptors (Lipinski definition) is 1. The molecule has 0 aliphatic heterocycles. The zero-order valence-corrected chi connectivity index (χ0v) is 8.45. The molecule has 0 bridgehead atoms. The third kappa shape index (κ3) is 2.28. The van der Waals surface area contributed by atoms with Crippen molar-refractivity contribution in [2.24, 2.45) is 5.92 Å². The Morgan fingerprint density at radius 2 is 1.50 bits per heavy atom. The average Bonchev–Trinajstić information content (AvgIpc) is 2.09. The zero-order valence-electron chi connectivity index (χ0n) is 8.45. The first kappa shape index (κ1) is 11.5. The van der Waals surface area contributed by atoms with Gasteiger partial charge >= 0.3 is 0 Å². The monoisotopic (exact) mass is 208 g/mol. The number of halogens is 3. The van der Waals surface area contributed by atoms with Gasteiger partial charge in [0.25, 0.3) is 0 Å². The first-order chi connectivity index (χ1) is 6.27. The van der Waals surface area contributed by atoms with Crippen molar-refractivity contribution in [3.8, 4) is 0 Å². The van der Waals surface area contributed by atoms with Gasteiger partial charge in [0.1, 0.15) is 0 Å². The third-order valence-electron chi connectivity index (χ3n) is 2.74. The van der Waals surface area contributed by atoms with Gasteiger partial charge in [0.15, 0.2) is 11.5 Å². The third-order valence-corrected chi connectivity index (χ3v) is 2.74. The van der Waals surface area contributed by atoms with Crippen molar-refractivity contribution < 1.29 is 18.0 Å². The van der Waals surface area contributed by atoms with E-state index in [4.69, 9.17) is 0 Å². The van der Waals surface area contributed by atoms with Crippen molar-refractivity contribution >= 4 is 5.78 Å². The summed E-state index contributed by atoms with van der Waals surface area (Å²) < 4.78 is 39.3. The summed E-state index contributed by atoms with van der Waals surface area (Å²) in [5.74, 6) is -3.74. The van der Waals surface area contributed by atoms with Crippen LogP contribution in [-0.2, 0) is 4.79 Å². The van der Waals surface area contributed by atoms with Gasteiger partial charge < -0.3 is 0 Å². The van der Waals surface area contributed by atoms with Crippen molar-refractivity contribution in [3.63, 3.8) is 0 Å². The van der Waals surface area contributed by atoms with Crippen molar-refractivity contribution in [1.82, 2.24) is 0 Å². The lowest BCUT2D eigenvalue weighted by atomic mass is 9.78. The molecule has 82 valence electrons. The van der Waals surface area contributed by atoms with E-state index in [9.17, 15) is 18.0 Å². The highest BCUT2D eigenvalue weighted by atomic mass is 19.3. The molecule has 0 aromatic carbocycles. The lowest BCUT2D eigenvalue weighted by Crippen LogP contribution is -2.43. The van der Waals surface area contributed by atoms with Crippen molar-refractivity contribution in [3.05, 3.63) is 0 Å². The first-order valence-corrected chi connectivity index (χ1v) is 4.88. The molecule has 4 heteroatoms. The fourth-order valence-electron chi connectivity index (χ4n) is 1.78. The van der Waals surface area contributed by atoms with Crippen LogP contribution in [0.2, 0.25) is 0 Å². The largest absolute Gasteiger partial charge is 0.296 e. The molecule has 1 aliphatic carbocycles. The van der Waals surface area contributed by atoms with Gasteiger partial charge in [0.05, 0.1) is 0 Å². The van der Waals surface area contributed by atoms with E-state index in [2.05, 4.69) is 0 Å². The molecule has 1 aliphatic rings. The minimum atomic E-state index is -2.78. The molecule has 0 spiro atoms. The Labute approximate surface area is 81.7 Å². The quantitative estimate of drug-likeness (QED) is 0.681. The van der Waals surface area contributed by atoms with Gasteiger partial charge in [-0.15, -0.1) is 0 Å². The molecule has 0 aromatic rings. The smallest absolute Gasteiger partial charge is 0.248 e. The van der Waals surface area contributed by atoms with Gasteiger partial charge in [0.2, 0.25) is 5.92 Å². The van der Waals surface area contributed by atoms with Crippen LogP contribution in [0.15, 0.2) is 0 Å². The molecule has 0 saturated heterocycles. The molecular formula is C10H15F3O. The maximum absolute atomic E-state index is 13.9. The van der Waals surface area contributed by atoms with E-state index in [0.29, 0.717) is 0 Å². The summed E-state index contributed by atoms with van der Waals surface area (Å²) in [5, 5.41) is 0. The first-order valence-electron chi connectivity index (χ1n) is 4.88. The van der Waals surface area contributed by atoms with Gasteiger partial charge in [-0.25, -0.2) is 13.2 Å². The van der Waals surface area contributed by atoms with Gasteiger partial charge in [-0.1, -0.05) is 13.8 Å². The second kappa shape index (κ2) is 3.55. The van der Waals surface area contributed by atoms with Crippen LogP contribution in [0.5, 0.6) is 0 Å². The molecule has 0 atom stereocenters. The van der Waals surface area contributed by atoms with Crippen LogP contribution in [0.3, 0.4) is 0 Å². The van der Waals surface area contributed by atoms with Crippen LogP contribution >= 0.6 is 0 Å². The summed E-state index contributed by atoms with van der Waals surface area (Å²) in [5.41, 5.74) is -2.00. The summed E-state index contributed by atoms with van der Waals surface area (Å²) >= 11 is 0. The second-order valence-electron chi connectivity index (χ2n) is 4.34. The highest BCUT2D eigenvalue weighted by Gasteiger charge is 2.48. The molecule has 0 heterocycles. The molecule has 1 nitrogen and oxygen atoms in total. The molecule has 1 saturated carbocycles. The predicted octanol–water partition coefficient (Wildman–Crippen LogP) is 3.13. The molecular weight excluding hydrogens is 193 g/mol. The fourth-order valence-corrected chi connectivity index (χ4v) is 1.78. The van der Waals surface area contributed by atoms with Crippen LogP contribution < -0.4 is 0 Å². The average molecular weight is 208 g/mol. The summed E-state index contributed by atoms with van der Waals surface area (Å²) in [6.07, 6.45) is -1.70. The molecule has 0 aromatic heterocycles. The predicted molar refractivity (Wildman–Crippen MR) is 47.1 cm³/mol. The van der Waals surface area contributed by atoms with E-state index in [1.54, 1.807) is 13.8 Å². The van der Waals surface area contributed by atoms with Crippen molar-refractivity contribution in [1.29, 1.82) is 0 Å². The number of Topliss-reactive ketones (excluding diaryl/α,β-unsaturated/α-hetero) is 1. The number of rotatable bonds is 2. The molecule has 0 unspecified atom stereocenters. The van der Waals surface area contributed by atoms with Crippen LogP contribution in [0.1, 0.15) is 39.5 Å². The van der Waals surface area contributed by atoms with E-state index in [1.165, 1.54) is 0 Å². The number of carbonyl (C=O) groups excluding carboxylic acids is 1. The van der Waals surface area contributed by atoms with E-state index in [-0.39, 0.29) is 12.8 Å². The summed E-state index contributed by atoms with van der Waals surface area (Å²) in [6.45, 7) is 3.19. The number of alkyl halides is 3. The molecule has 14 heavy (non-hydrogen) atoms. The Bertz CT molecular complexity index is 226. The Morgan fingerprint density at radius 3 is 1.86 bits per heavy atom. The summed E-state index contributed by atoms with van der Waals surface area (Å²) in [7, 11) is 0. The Morgan fingerprint density at radius 1 is 1.07 bits per heavy atom. The molecule has 0 radical (unpaired) electrons. The highest BCUT2D eigenvalue weighted by molar-refractivity contribution is 5.88. The SMILES string of the molecule is CC(C)C(=O)C1(F)CCC(F)(F)CC1. The molecule has 1 rings (SSSR count). The fraction of sp³-hybridized carbons (Fsp3) is 0.900. The van der Waals surface area contributed by atoms with Crippen molar-refractivity contribution in [2.45, 2.75) is 51.1 Å². The lowest BCUT2D eigenvalue weighted by molar-refractivity contribution is -0.142. The molecule has 1 fully saturated rings. The lowest BCUT2D eigenvalue weighted by Gasteiger charge is -2.33. The van der Waals surface area contributed by atoms with Gasteiger partial charge in [-0.3, -0.25) is 4.79 Å². The summed E-state index contributed by atoms with van der Waals surface area (Å²) in [4.78, 5) is 11.4. The Kier molecular flexibility index (Phi) is 2.93. The van der Waals surface area contributed by atoms with Gasteiger partial charge in [-0.2, -0.15) is 0 Å².